The molecular formula is C23H30ClN3O3S. The molecule has 168 valence electrons. The molecule has 0 aliphatic carbocycles. The van der Waals surface area contributed by atoms with Crippen LogP contribution in [0.5, 0.6) is 0 Å². The van der Waals surface area contributed by atoms with Gasteiger partial charge in [0.1, 0.15) is 6.04 Å². The van der Waals surface area contributed by atoms with E-state index in [0.29, 0.717) is 36.9 Å². The van der Waals surface area contributed by atoms with Crippen LogP contribution in [0.2, 0.25) is 5.02 Å². The summed E-state index contributed by atoms with van der Waals surface area (Å²) in [5.74, 6) is -0.186. The van der Waals surface area contributed by atoms with Crippen LogP contribution in [-0.4, -0.2) is 57.7 Å². The molecule has 0 radical (unpaired) electrons. The normalized spacial score (nSPS) is 15.7. The van der Waals surface area contributed by atoms with E-state index in [4.69, 9.17) is 11.6 Å². The molecule has 2 aromatic rings. The van der Waals surface area contributed by atoms with Crippen LogP contribution in [0.3, 0.4) is 0 Å². The maximum Gasteiger partial charge on any atom is 0.246 e. The summed E-state index contributed by atoms with van der Waals surface area (Å²) in [6.07, 6.45) is 1.15. The standard InChI is InChI=1S/C23H30ClN3O3S/c1-16-6-7-18(3)22(14-16)27(31(5,29)30)19(4)23(28)26-12-10-25(11-13-26)21-15-20(24)9-8-17(21)2/h6-9,14-15,19H,10-13H2,1-5H3. The number of hydrogen-bond acceptors (Lipinski definition) is 4. The summed E-state index contributed by atoms with van der Waals surface area (Å²) in [6.45, 7) is 9.87. The first kappa shape index (κ1) is 23.4. The average molecular weight is 464 g/mol. The number of halogens is 1. The molecule has 1 amide bonds. The first-order valence-electron chi connectivity index (χ1n) is 10.4. The van der Waals surface area contributed by atoms with Gasteiger partial charge in [-0.1, -0.05) is 29.8 Å². The van der Waals surface area contributed by atoms with Gasteiger partial charge in [-0.15, -0.1) is 0 Å². The molecule has 0 bridgehead atoms. The molecule has 2 aromatic carbocycles. The van der Waals surface area contributed by atoms with Crippen LogP contribution in [0, 0.1) is 20.8 Å². The van der Waals surface area contributed by atoms with Gasteiger partial charge in [-0.25, -0.2) is 8.42 Å². The molecule has 0 N–H and O–H groups in total. The Morgan fingerprint density at radius 3 is 2.23 bits per heavy atom. The third kappa shape index (κ3) is 5.15. The number of amides is 1. The van der Waals surface area contributed by atoms with E-state index in [-0.39, 0.29) is 5.91 Å². The van der Waals surface area contributed by atoms with Gasteiger partial charge < -0.3 is 9.80 Å². The molecule has 0 spiro atoms. The second-order valence-corrected chi connectivity index (χ2v) is 10.6. The number of aryl methyl sites for hydroxylation is 3. The molecule has 0 aromatic heterocycles. The second-order valence-electron chi connectivity index (χ2n) is 8.27. The molecule has 1 atom stereocenters. The van der Waals surface area contributed by atoms with Gasteiger partial charge in [-0.2, -0.15) is 0 Å². The molecule has 6 nitrogen and oxygen atoms in total. The van der Waals surface area contributed by atoms with Gasteiger partial charge in [0, 0.05) is 36.9 Å². The van der Waals surface area contributed by atoms with E-state index in [1.54, 1.807) is 11.8 Å². The Labute approximate surface area is 190 Å². The van der Waals surface area contributed by atoms with Crippen molar-refractivity contribution >= 4 is 38.9 Å². The van der Waals surface area contributed by atoms with Gasteiger partial charge in [0.05, 0.1) is 11.9 Å². The Morgan fingerprint density at radius 1 is 1.00 bits per heavy atom. The smallest absolute Gasteiger partial charge is 0.246 e. The van der Waals surface area contributed by atoms with Crippen molar-refractivity contribution in [1.29, 1.82) is 0 Å². The Hall–Kier alpha value is -2.25. The maximum atomic E-state index is 13.3. The lowest BCUT2D eigenvalue weighted by Crippen LogP contribution is -2.55. The van der Waals surface area contributed by atoms with Crippen molar-refractivity contribution in [2.24, 2.45) is 0 Å². The molecule has 1 unspecified atom stereocenters. The summed E-state index contributed by atoms with van der Waals surface area (Å²) in [4.78, 5) is 17.3. The number of carbonyl (C=O) groups is 1. The van der Waals surface area contributed by atoms with Gasteiger partial charge in [0.2, 0.25) is 15.9 Å². The lowest BCUT2D eigenvalue weighted by atomic mass is 10.1. The quantitative estimate of drug-likeness (QED) is 0.677. The highest BCUT2D eigenvalue weighted by atomic mass is 35.5. The number of sulfonamides is 1. The van der Waals surface area contributed by atoms with E-state index in [1.807, 2.05) is 57.2 Å². The zero-order chi connectivity index (χ0) is 22.9. The highest BCUT2D eigenvalue weighted by Crippen LogP contribution is 2.28. The fourth-order valence-electron chi connectivity index (χ4n) is 4.09. The summed E-state index contributed by atoms with van der Waals surface area (Å²) in [5.41, 5.74) is 4.52. The Morgan fingerprint density at radius 2 is 1.61 bits per heavy atom. The molecule has 1 fully saturated rings. The van der Waals surface area contributed by atoms with Crippen LogP contribution in [0.15, 0.2) is 36.4 Å². The molecule has 1 aliphatic heterocycles. The van der Waals surface area contributed by atoms with E-state index >= 15 is 0 Å². The van der Waals surface area contributed by atoms with E-state index in [2.05, 4.69) is 4.90 Å². The first-order valence-corrected chi connectivity index (χ1v) is 12.6. The third-order valence-corrected chi connectivity index (χ3v) is 7.23. The number of rotatable bonds is 5. The average Bonchev–Trinajstić information content (AvgIpc) is 2.71. The fourth-order valence-corrected chi connectivity index (χ4v) is 5.47. The lowest BCUT2D eigenvalue weighted by Gasteiger charge is -2.39. The summed E-state index contributed by atoms with van der Waals surface area (Å²) in [5, 5.41) is 0.685. The van der Waals surface area contributed by atoms with E-state index in [9.17, 15) is 13.2 Å². The van der Waals surface area contributed by atoms with Crippen molar-refractivity contribution in [1.82, 2.24) is 4.90 Å². The predicted molar refractivity (Wildman–Crippen MR) is 128 cm³/mol. The molecule has 1 aliphatic rings. The number of carbonyl (C=O) groups excluding carboxylic acids is 1. The number of hydrogen-bond donors (Lipinski definition) is 0. The van der Waals surface area contributed by atoms with Crippen molar-refractivity contribution in [3.05, 3.63) is 58.1 Å². The topological polar surface area (TPSA) is 60.9 Å². The molecule has 3 rings (SSSR count). The molecule has 8 heteroatoms. The summed E-state index contributed by atoms with van der Waals surface area (Å²) < 4.78 is 26.6. The first-order chi connectivity index (χ1) is 14.5. The van der Waals surface area contributed by atoms with Crippen molar-refractivity contribution in [3.8, 4) is 0 Å². The van der Waals surface area contributed by atoms with Crippen LogP contribution in [0.4, 0.5) is 11.4 Å². The van der Waals surface area contributed by atoms with Crippen molar-refractivity contribution < 1.29 is 13.2 Å². The zero-order valence-electron chi connectivity index (χ0n) is 18.7. The van der Waals surface area contributed by atoms with Crippen molar-refractivity contribution in [2.45, 2.75) is 33.7 Å². The molecule has 31 heavy (non-hydrogen) atoms. The SMILES string of the molecule is Cc1ccc(C)c(N(C(C)C(=O)N2CCN(c3cc(Cl)ccc3C)CC2)S(C)(=O)=O)c1. The molecule has 1 heterocycles. The van der Waals surface area contributed by atoms with E-state index < -0.39 is 16.1 Å². The minimum Gasteiger partial charge on any atom is -0.368 e. The van der Waals surface area contributed by atoms with Crippen LogP contribution >= 0.6 is 11.6 Å². The van der Waals surface area contributed by atoms with E-state index in [0.717, 1.165) is 28.6 Å². The summed E-state index contributed by atoms with van der Waals surface area (Å²) >= 11 is 6.16. The van der Waals surface area contributed by atoms with Crippen LogP contribution in [0.1, 0.15) is 23.6 Å². The second kappa shape index (κ2) is 9.09. The number of anilines is 2. The van der Waals surface area contributed by atoms with Crippen LogP contribution < -0.4 is 9.21 Å². The van der Waals surface area contributed by atoms with Gasteiger partial charge >= 0.3 is 0 Å². The lowest BCUT2D eigenvalue weighted by molar-refractivity contribution is -0.132. The maximum absolute atomic E-state index is 13.3. The third-order valence-electron chi connectivity index (χ3n) is 5.77. The highest BCUT2D eigenvalue weighted by Gasteiger charge is 2.34. The fraction of sp³-hybridized carbons (Fsp3) is 0.435. The minimum atomic E-state index is -3.64. The molecule has 0 saturated carbocycles. The summed E-state index contributed by atoms with van der Waals surface area (Å²) in [7, 11) is -3.64. The van der Waals surface area contributed by atoms with Crippen LogP contribution in [-0.2, 0) is 14.8 Å². The van der Waals surface area contributed by atoms with Gasteiger partial charge in [-0.05, 0) is 62.6 Å². The number of nitrogens with zero attached hydrogens (tertiary/aromatic N) is 3. The summed E-state index contributed by atoms with van der Waals surface area (Å²) in [6, 6.07) is 10.6. The van der Waals surface area contributed by atoms with Gasteiger partial charge in [0.15, 0.2) is 0 Å². The Balaban J connectivity index is 1.79. The Kier molecular flexibility index (Phi) is 6.86. The van der Waals surface area contributed by atoms with Gasteiger partial charge in [-0.3, -0.25) is 9.10 Å². The minimum absolute atomic E-state index is 0.186. The highest BCUT2D eigenvalue weighted by molar-refractivity contribution is 7.92. The van der Waals surface area contributed by atoms with E-state index in [1.165, 1.54) is 4.31 Å². The number of piperazine rings is 1. The monoisotopic (exact) mass is 463 g/mol. The zero-order valence-corrected chi connectivity index (χ0v) is 20.3. The molecular weight excluding hydrogens is 434 g/mol. The van der Waals surface area contributed by atoms with Gasteiger partial charge in [0.25, 0.3) is 0 Å². The van der Waals surface area contributed by atoms with Crippen molar-refractivity contribution in [3.63, 3.8) is 0 Å². The number of benzene rings is 2. The molecule has 1 saturated heterocycles. The van der Waals surface area contributed by atoms with Crippen molar-refractivity contribution in [2.75, 3.05) is 41.6 Å². The van der Waals surface area contributed by atoms with Crippen LogP contribution in [0.25, 0.3) is 0 Å². The largest absolute Gasteiger partial charge is 0.368 e. The predicted octanol–water partition coefficient (Wildman–Crippen LogP) is 3.77. The Bertz CT molecular complexity index is 1080.